The Morgan fingerprint density at radius 3 is 1.02 bits per heavy atom. The predicted octanol–water partition coefficient (Wildman–Crippen LogP) is 0.659. The summed E-state index contributed by atoms with van der Waals surface area (Å²) < 4.78 is 6.54. The molecule has 0 saturated heterocycles. The molecule has 4 N–H and O–H groups in total. The molecule has 0 aromatic carbocycles. The van der Waals surface area contributed by atoms with E-state index >= 15 is 0 Å². The van der Waals surface area contributed by atoms with Gasteiger partial charge in [-0.25, -0.2) is 0 Å². The maximum Gasteiger partial charge on any atom is 0.0980 e. The molecule has 0 amide bonds. The van der Waals surface area contributed by atoms with Gasteiger partial charge in [-0.1, -0.05) is 6.92 Å². The lowest BCUT2D eigenvalue weighted by Gasteiger charge is -2.37. The number of aliphatic hydroxyl groups excluding tert-OH is 4. The molecular weight excluding hydrogens is 676 g/mol. The van der Waals surface area contributed by atoms with E-state index in [0.717, 1.165) is 0 Å². The Bertz CT molecular complexity index is 1300. The van der Waals surface area contributed by atoms with Crippen molar-refractivity contribution in [3.63, 3.8) is 0 Å². The van der Waals surface area contributed by atoms with Crippen LogP contribution in [0.2, 0.25) is 0 Å². The normalized spacial score (nSPS) is 28.3. The van der Waals surface area contributed by atoms with Crippen molar-refractivity contribution in [3.8, 4) is 0 Å². The Kier molecular flexibility index (Phi) is 14.0. The zero-order valence-electron chi connectivity index (χ0n) is 33.3. The first kappa shape index (κ1) is 40.7. The van der Waals surface area contributed by atoms with Crippen LogP contribution in [0.3, 0.4) is 0 Å². The van der Waals surface area contributed by atoms with Crippen molar-refractivity contribution in [2.45, 2.75) is 109 Å². The van der Waals surface area contributed by atoms with Crippen LogP contribution in [0.4, 0.5) is 0 Å². The monoisotopic (exact) mass is 745 g/mol. The summed E-state index contributed by atoms with van der Waals surface area (Å²) >= 11 is 0. The minimum atomic E-state index is -0.720. The average molecular weight is 745 g/mol. The van der Waals surface area contributed by atoms with Gasteiger partial charge in [0.05, 0.1) is 68.0 Å². The zero-order chi connectivity index (χ0) is 38.4. The van der Waals surface area contributed by atoms with Gasteiger partial charge >= 0.3 is 0 Å². The van der Waals surface area contributed by atoms with Gasteiger partial charge in [0.25, 0.3) is 0 Å². The van der Waals surface area contributed by atoms with Gasteiger partial charge in [-0.05, 0) is 41.0 Å². The molecule has 53 heavy (non-hydrogen) atoms. The van der Waals surface area contributed by atoms with E-state index in [1.54, 1.807) is 0 Å². The van der Waals surface area contributed by atoms with Gasteiger partial charge in [0.15, 0.2) is 0 Å². The van der Waals surface area contributed by atoms with Crippen LogP contribution in [0.25, 0.3) is 0 Å². The molecule has 5 heterocycles. The van der Waals surface area contributed by atoms with E-state index in [1.165, 1.54) is 0 Å². The maximum absolute atomic E-state index is 11.2. The minimum absolute atomic E-state index is 0.00751. The topological polar surface area (TPSA) is 123 Å². The van der Waals surface area contributed by atoms with Gasteiger partial charge in [0, 0.05) is 128 Å². The lowest BCUT2D eigenvalue weighted by molar-refractivity contribution is -0.0496. The van der Waals surface area contributed by atoms with E-state index < -0.39 is 18.3 Å². The SMILES string of the molecule is CCC(O)CN1C=CN(CC(CN2C=CN(CC(O)CN3C=CN(C)C3C)C2C)OCC(O)CN2C=CN(CC(O)CN3C=CN(C)C3C)C2C)C1C. The van der Waals surface area contributed by atoms with Gasteiger partial charge < -0.3 is 74.2 Å². The molecule has 5 rings (SSSR count). The molecule has 300 valence electrons. The third-order valence-electron chi connectivity index (χ3n) is 11.7. The van der Waals surface area contributed by atoms with Crippen LogP contribution in [0.15, 0.2) is 62.0 Å². The van der Waals surface area contributed by atoms with Crippen LogP contribution in [-0.2, 0) is 4.74 Å². The largest absolute Gasteiger partial charge is 0.391 e. The van der Waals surface area contributed by atoms with Crippen LogP contribution in [0.5, 0.6) is 0 Å². The molecule has 10 unspecified atom stereocenters. The Labute approximate surface area is 318 Å². The molecule has 0 spiro atoms. The average Bonchev–Trinajstić information content (AvgIpc) is 3.91. The van der Waals surface area contributed by atoms with Gasteiger partial charge in [-0.15, -0.1) is 0 Å². The standard InChI is InChI=1S/C38H68N10O5/c1-9-34(49)20-43-16-18-47(32(43)5)26-38(27-48-19-17-45(33(48)6)24-36(51)22-42-13-11-40(8)30(42)3)53-28-37(52)25-46-15-14-44(31(46)4)23-35(50)21-41-12-10-39(7)29(41)2/h10-19,29-38,49-52H,9,20-28H2,1-8H3. The first-order chi connectivity index (χ1) is 25.2. The molecule has 0 fully saturated rings. The Balaban J connectivity index is 1.13. The van der Waals surface area contributed by atoms with E-state index in [9.17, 15) is 20.4 Å². The lowest BCUT2D eigenvalue weighted by Crippen LogP contribution is -2.49. The summed E-state index contributed by atoms with van der Waals surface area (Å²) in [5.41, 5.74) is 0. The van der Waals surface area contributed by atoms with Gasteiger partial charge in [-0.3, -0.25) is 0 Å². The molecule has 10 atom stereocenters. The minimum Gasteiger partial charge on any atom is -0.391 e. The Hall–Kier alpha value is -3.50. The fourth-order valence-electron chi connectivity index (χ4n) is 7.53. The third-order valence-corrected chi connectivity index (χ3v) is 11.7. The van der Waals surface area contributed by atoms with Gasteiger partial charge in [-0.2, -0.15) is 0 Å². The number of β-amino-alcohol motifs (C(OH)–C–C–N with tert-alkyl or cyclic N) is 4. The second-order valence-corrected chi connectivity index (χ2v) is 15.5. The van der Waals surface area contributed by atoms with Crippen molar-refractivity contribution >= 4 is 0 Å². The van der Waals surface area contributed by atoms with Crippen LogP contribution >= 0.6 is 0 Å². The van der Waals surface area contributed by atoms with Crippen molar-refractivity contribution in [2.75, 3.05) is 73.1 Å². The number of ether oxygens (including phenoxy) is 1. The molecule has 0 bridgehead atoms. The summed E-state index contributed by atoms with van der Waals surface area (Å²) in [5, 5.41) is 43.4. The zero-order valence-corrected chi connectivity index (χ0v) is 33.3. The predicted molar refractivity (Wildman–Crippen MR) is 206 cm³/mol. The van der Waals surface area contributed by atoms with E-state index in [-0.39, 0.29) is 49.6 Å². The lowest BCUT2D eigenvalue weighted by atomic mass is 10.2. The molecule has 15 nitrogen and oxygen atoms in total. The summed E-state index contributed by atoms with van der Waals surface area (Å²) in [6, 6.07) is 0. The van der Waals surface area contributed by atoms with E-state index in [0.29, 0.717) is 58.8 Å². The molecule has 15 heteroatoms. The summed E-state index contributed by atoms with van der Waals surface area (Å²) in [4.78, 5) is 21.5. The van der Waals surface area contributed by atoms with E-state index in [1.807, 2.05) is 70.6 Å². The third kappa shape index (κ3) is 10.4. The highest BCUT2D eigenvalue weighted by Gasteiger charge is 2.32. The Morgan fingerprint density at radius 2 is 0.698 bits per heavy atom. The second kappa shape index (κ2) is 18.2. The van der Waals surface area contributed by atoms with Crippen molar-refractivity contribution < 1.29 is 25.2 Å². The van der Waals surface area contributed by atoms with Crippen molar-refractivity contribution in [2.24, 2.45) is 0 Å². The molecular formula is C38H68N10O5. The second-order valence-electron chi connectivity index (χ2n) is 15.5. The fourth-order valence-corrected chi connectivity index (χ4v) is 7.53. The number of hydrogen-bond donors (Lipinski definition) is 4. The van der Waals surface area contributed by atoms with Crippen LogP contribution < -0.4 is 0 Å². The highest BCUT2D eigenvalue weighted by atomic mass is 16.5. The number of nitrogens with zero attached hydrogens (tertiary/aromatic N) is 10. The first-order valence-corrected chi connectivity index (χ1v) is 19.5. The van der Waals surface area contributed by atoms with Gasteiger partial charge in [0.1, 0.15) is 0 Å². The Morgan fingerprint density at radius 1 is 0.415 bits per heavy atom. The smallest absolute Gasteiger partial charge is 0.0980 e. The number of hydrogen-bond acceptors (Lipinski definition) is 15. The van der Waals surface area contributed by atoms with Crippen molar-refractivity contribution in [3.05, 3.63) is 62.0 Å². The highest BCUT2D eigenvalue weighted by Crippen LogP contribution is 2.23. The van der Waals surface area contributed by atoms with Gasteiger partial charge in [0.2, 0.25) is 0 Å². The fraction of sp³-hybridized carbons (Fsp3) is 0.737. The maximum atomic E-state index is 11.2. The van der Waals surface area contributed by atoms with E-state index in [4.69, 9.17) is 4.74 Å². The van der Waals surface area contributed by atoms with E-state index in [2.05, 4.69) is 96.0 Å². The van der Waals surface area contributed by atoms with Crippen LogP contribution in [0.1, 0.15) is 48.0 Å². The summed E-state index contributed by atoms with van der Waals surface area (Å²) in [7, 11) is 4.07. The quantitative estimate of drug-likeness (QED) is 0.140. The summed E-state index contributed by atoms with van der Waals surface area (Å²) in [6.45, 7) is 17.1. The summed E-state index contributed by atoms with van der Waals surface area (Å²) in [6.07, 6.45) is 19.2. The van der Waals surface area contributed by atoms with Crippen molar-refractivity contribution in [1.29, 1.82) is 0 Å². The molecule has 0 aromatic rings. The molecule has 0 radical (unpaired) electrons. The molecule has 5 aliphatic heterocycles. The number of aliphatic hydroxyl groups is 4. The van der Waals surface area contributed by atoms with Crippen LogP contribution in [0, 0.1) is 0 Å². The molecule has 5 aliphatic rings. The molecule has 0 aliphatic carbocycles. The molecule has 0 aromatic heterocycles. The summed E-state index contributed by atoms with van der Waals surface area (Å²) in [5.74, 6) is 0. The molecule has 0 saturated carbocycles. The first-order valence-electron chi connectivity index (χ1n) is 19.5. The van der Waals surface area contributed by atoms with Crippen LogP contribution in [-0.4, -0.2) is 204 Å². The number of rotatable bonds is 20. The van der Waals surface area contributed by atoms with Crippen molar-refractivity contribution in [1.82, 2.24) is 49.0 Å². The highest BCUT2D eigenvalue weighted by molar-refractivity contribution is 5.02.